The predicted molar refractivity (Wildman–Crippen MR) is 113 cm³/mol. The Kier molecular flexibility index (Phi) is 5.11. The summed E-state index contributed by atoms with van der Waals surface area (Å²) >= 11 is 0. The highest BCUT2D eigenvalue weighted by Crippen LogP contribution is 2.45. The van der Waals surface area contributed by atoms with Crippen LogP contribution < -0.4 is 4.74 Å². The highest BCUT2D eigenvalue weighted by atomic mass is 16.6. The van der Waals surface area contributed by atoms with Crippen LogP contribution in [0.3, 0.4) is 0 Å². The topological polar surface area (TPSA) is 85.0 Å². The van der Waals surface area contributed by atoms with Crippen molar-refractivity contribution in [3.63, 3.8) is 0 Å². The Morgan fingerprint density at radius 1 is 1.27 bits per heavy atom. The van der Waals surface area contributed by atoms with Crippen molar-refractivity contribution in [2.45, 2.75) is 32.7 Å². The summed E-state index contributed by atoms with van der Waals surface area (Å²) in [5, 5.41) is 18.1. The van der Waals surface area contributed by atoms with Gasteiger partial charge >= 0.3 is 0 Å². The number of hydrogen-bond donors (Lipinski definition) is 0. The second-order valence-electron chi connectivity index (χ2n) is 7.69. The van der Waals surface area contributed by atoms with Gasteiger partial charge in [-0.3, -0.25) is 19.9 Å². The third kappa shape index (κ3) is 3.47. The number of methoxy groups -OCH3 is 1. The molecule has 0 bridgehead atoms. The first kappa shape index (κ1) is 19.8. The van der Waals surface area contributed by atoms with E-state index in [0.29, 0.717) is 5.70 Å². The van der Waals surface area contributed by atoms with E-state index in [1.807, 2.05) is 30.1 Å². The lowest BCUT2D eigenvalue weighted by atomic mass is 9.77. The smallest absolute Gasteiger partial charge is 0.269 e. The number of allylic oxidation sites excluding steroid dienone is 2. The molecule has 0 radical (unpaired) electrons. The van der Waals surface area contributed by atoms with Gasteiger partial charge in [0.25, 0.3) is 5.69 Å². The Morgan fingerprint density at radius 2 is 2.07 bits per heavy atom. The van der Waals surface area contributed by atoms with E-state index in [-0.39, 0.29) is 28.4 Å². The van der Waals surface area contributed by atoms with Crippen molar-refractivity contribution < 1.29 is 14.5 Å². The molecule has 2 aromatic rings. The van der Waals surface area contributed by atoms with Crippen LogP contribution in [0.25, 0.3) is 0 Å². The molecule has 1 aliphatic carbocycles. The normalized spacial score (nSPS) is 20.3. The van der Waals surface area contributed by atoms with Gasteiger partial charge in [0.1, 0.15) is 5.75 Å². The number of ketones is 1. The summed E-state index contributed by atoms with van der Waals surface area (Å²) in [6, 6.07) is 12.5. The third-order valence-electron chi connectivity index (χ3n) is 5.73. The molecule has 2 aromatic carbocycles. The number of nitro groups is 1. The Labute approximate surface area is 174 Å². The molecular formula is C23H23N3O4. The zero-order valence-electron chi connectivity index (χ0n) is 17.2. The van der Waals surface area contributed by atoms with Crippen molar-refractivity contribution in [2.24, 2.45) is 11.0 Å². The fourth-order valence-electron chi connectivity index (χ4n) is 4.42. The van der Waals surface area contributed by atoms with Crippen LogP contribution in [-0.4, -0.2) is 28.5 Å². The van der Waals surface area contributed by atoms with E-state index in [1.54, 1.807) is 25.3 Å². The second kappa shape index (κ2) is 7.74. The number of ether oxygens (including phenoxy) is 1. The molecule has 0 aromatic heterocycles. The summed E-state index contributed by atoms with van der Waals surface area (Å²) in [5.41, 5.74) is 4.76. The van der Waals surface area contributed by atoms with Crippen LogP contribution in [0.5, 0.6) is 5.75 Å². The Bertz CT molecular complexity index is 1090. The van der Waals surface area contributed by atoms with Crippen molar-refractivity contribution in [3.8, 4) is 5.75 Å². The molecule has 2 atom stereocenters. The summed E-state index contributed by atoms with van der Waals surface area (Å²) in [7, 11) is 1.64. The monoisotopic (exact) mass is 405 g/mol. The quantitative estimate of drug-likeness (QED) is 0.418. The minimum atomic E-state index is -0.385. The first-order chi connectivity index (χ1) is 14.4. The molecule has 0 amide bonds. The van der Waals surface area contributed by atoms with E-state index in [0.717, 1.165) is 35.4 Å². The molecule has 0 saturated heterocycles. The first-order valence-electron chi connectivity index (χ1n) is 9.87. The summed E-state index contributed by atoms with van der Waals surface area (Å²) in [5.74, 6) is 0.753. The van der Waals surface area contributed by atoms with E-state index in [2.05, 4.69) is 6.07 Å². The van der Waals surface area contributed by atoms with Crippen LogP contribution in [0.15, 0.2) is 59.3 Å². The zero-order valence-corrected chi connectivity index (χ0v) is 17.2. The third-order valence-corrected chi connectivity index (χ3v) is 5.73. The Balaban J connectivity index is 1.85. The number of rotatable bonds is 5. The summed E-state index contributed by atoms with van der Waals surface area (Å²) < 4.78 is 5.41. The summed E-state index contributed by atoms with van der Waals surface area (Å²) in [6.07, 6.45) is 3.31. The minimum absolute atomic E-state index is 0.0481. The highest BCUT2D eigenvalue weighted by Gasteiger charge is 2.42. The fourth-order valence-corrected chi connectivity index (χ4v) is 4.42. The number of non-ortho nitro benzene ring substituents is 1. The van der Waals surface area contributed by atoms with Crippen LogP contribution >= 0.6 is 0 Å². The molecular weight excluding hydrogens is 382 g/mol. The number of nitro benzene ring substituents is 1. The number of hydrogen-bond acceptors (Lipinski definition) is 6. The molecule has 154 valence electrons. The lowest BCUT2D eigenvalue weighted by Gasteiger charge is -2.31. The molecule has 30 heavy (non-hydrogen) atoms. The standard InChI is InChI=1S/C23H23N3O4/c1-14(11-15(2)27)25-23(17-5-4-6-18(12-17)26(28)29)20-10-8-16-7-9-19(30-3)13-21(16)22(20)24-25/h4-7,9,11-13,20,23H,8,10H2,1-3H3/b14-11+/t20-,23+/m0/s1. The summed E-state index contributed by atoms with van der Waals surface area (Å²) in [4.78, 5) is 22.7. The second-order valence-corrected chi connectivity index (χ2v) is 7.69. The SMILES string of the molecule is COc1ccc2c(c1)C1=NN(/C(C)=C/C(C)=O)[C@H](c3cccc([N+](=O)[O-])c3)[C@H]1CC2. The van der Waals surface area contributed by atoms with E-state index in [9.17, 15) is 14.9 Å². The van der Waals surface area contributed by atoms with Gasteiger partial charge in [-0.25, -0.2) is 0 Å². The number of carbonyl (C=O) groups excluding carboxylic acids is 1. The van der Waals surface area contributed by atoms with Crippen molar-refractivity contribution in [1.82, 2.24) is 5.01 Å². The molecule has 0 spiro atoms. The van der Waals surface area contributed by atoms with Gasteiger partial charge in [-0.2, -0.15) is 5.10 Å². The Morgan fingerprint density at radius 3 is 2.77 bits per heavy atom. The number of nitrogens with zero attached hydrogens (tertiary/aromatic N) is 3. The number of hydrazone groups is 1. The molecule has 7 nitrogen and oxygen atoms in total. The van der Waals surface area contributed by atoms with Gasteiger partial charge in [0, 0.05) is 35.4 Å². The summed E-state index contributed by atoms with van der Waals surface area (Å²) in [6.45, 7) is 3.35. The van der Waals surface area contributed by atoms with Crippen LogP contribution in [0.1, 0.15) is 43.0 Å². The average molecular weight is 405 g/mol. The number of fused-ring (bicyclic) bond motifs is 3. The molecule has 4 rings (SSSR count). The van der Waals surface area contributed by atoms with Crippen LogP contribution in [0.4, 0.5) is 5.69 Å². The van der Waals surface area contributed by atoms with Gasteiger partial charge in [-0.05, 0) is 49.9 Å². The number of carbonyl (C=O) groups is 1. The molecule has 0 fully saturated rings. The maximum atomic E-state index is 11.7. The van der Waals surface area contributed by atoms with Gasteiger partial charge in [0.05, 0.1) is 23.8 Å². The van der Waals surface area contributed by atoms with Gasteiger partial charge in [0.15, 0.2) is 5.78 Å². The lowest BCUT2D eigenvalue weighted by Crippen LogP contribution is -2.28. The maximum Gasteiger partial charge on any atom is 0.269 e. The van der Waals surface area contributed by atoms with E-state index in [4.69, 9.17) is 9.84 Å². The average Bonchev–Trinajstić information content (AvgIpc) is 3.13. The van der Waals surface area contributed by atoms with Crippen molar-refractivity contribution in [3.05, 3.63) is 81.0 Å². The van der Waals surface area contributed by atoms with E-state index in [1.165, 1.54) is 18.6 Å². The largest absolute Gasteiger partial charge is 0.497 e. The van der Waals surface area contributed by atoms with Crippen LogP contribution in [-0.2, 0) is 11.2 Å². The van der Waals surface area contributed by atoms with Crippen molar-refractivity contribution in [1.29, 1.82) is 0 Å². The predicted octanol–water partition coefficient (Wildman–Crippen LogP) is 4.42. The molecule has 2 aliphatic rings. The van der Waals surface area contributed by atoms with E-state index < -0.39 is 0 Å². The number of benzene rings is 2. The van der Waals surface area contributed by atoms with Crippen molar-refractivity contribution in [2.75, 3.05) is 7.11 Å². The molecule has 7 heteroatoms. The van der Waals surface area contributed by atoms with Crippen LogP contribution in [0, 0.1) is 16.0 Å². The van der Waals surface area contributed by atoms with Gasteiger partial charge in [-0.15, -0.1) is 0 Å². The molecule has 0 N–H and O–H groups in total. The highest BCUT2D eigenvalue weighted by molar-refractivity contribution is 6.06. The van der Waals surface area contributed by atoms with Gasteiger partial charge < -0.3 is 4.74 Å². The van der Waals surface area contributed by atoms with Gasteiger partial charge in [0.2, 0.25) is 0 Å². The fraction of sp³-hybridized carbons (Fsp3) is 0.304. The van der Waals surface area contributed by atoms with E-state index >= 15 is 0 Å². The maximum absolute atomic E-state index is 11.7. The molecule has 1 heterocycles. The zero-order chi connectivity index (χ0) is 21.4. The Hall–Kier alpha value is -3.48. The minimum Gasteiger partial charge on any atom is -0.497 e. The molecule has 0 saturated carbocycles. The molecule has 0 unspecified atom stereocenters. The van der Waals surface area contributed by atoms with Crippen LogP contribution in [0.2, 0.25) is 0 Å². The number of aryl methyl sites for hydroxylation is 1. The lowest BCUT2D eigenvalue weighted by molar-refractivity contribution is -0.385. The first-order valence-corrected chi connectivity index (χ1v) is 9.87. The van der Waals surface area contributed by atoms with Gasteiger partial charge in [-0.1, -0.05) is 18.2 Å². The van der Waals surface area contributed by atoms with Crippen molar-refractivity contribution >= 4 is 17.2 Å². The molecule has 1 aliphatic heterocycles.